The molecule has 0 N–H and O–H groups in total. The van der Waals surface area contributed by atoms with E-state index in [1.807, 2.05) is 19.0 Å². The molecular weight excluding hydrogens is 462 g/mol. The summed E-state index contributed by atoms with van der Waals surface area (Å²) in [6.45, 7) is 9.59. The van der Waals surface area contributed by atoms with Crippen LogP contribution in [0.1, 0.15) is 43.2 Å². The minimum Gasteiger partial charge on any atom is -0.378 e. The molecule has 3 aromatic rings. The molecule has 1 aliphatic rings. The molecule has 0 heterocycles. The van der Waals surface area contributed by atoms with Gasteiger partial charge in [0.1, 0.15) is 0 Å². The van der Waals surface area contributed by atoms with Crippen LogP contribution in [0.3, 0.4) is 0 Å². The molecule has 0 bridgehead atoms. The molecule has 3 aromatic carbocycles. The van der Waals surface area contributed by atoms with E-state index in [-0.39, 0.29) is 0 Å². The van der Waals surface area contributed by atoms with Crippen molar-refractivity contribution in [1.29, 1.82) is 0 Å². The van der Waals surface area contributed by atoms with Gasteiger partial charge in [0.25, 0.3) is 0 Å². The van der Waals surface area contributed by atoms with Gasteiger partial charge in [-0.15, -0.1) is 0 Å². The molecule has 0 saturated heterocycles. The van der Waals surface area contributed by atoms with Crippen molar-refractivity contribution in [2.75, 3.05) is 38.0 Å². The highest BCUT2D eigenvalue weighted by molar-refractivity contribution is 5.67. The van der Waals surface area contributed by atoms with Crippen LogP contribution in [0.25, 0.3) is 17.2 Å². The van der Waals surface area contributed by atoms with Crippen LogP contribution in [-0.2, 0) is 6.54 Å². The van der Waals surface area contributed by atoms with E-state index in [0.29, 0.717) is 5.92 Å². The molecule has 1 saturated carbocycles. The Hall–Kier alpha value is -3.72. The lowest BCUT2D eigenvalue weighted by molar-refractivity contribution is 0.396. The normalized spacial score (nSPS) is 13.9. The highest BCUT2D eigenvalue weighted by Gasteiger charge is 2.22. The van der Waals surface area contributed by atoms with Crippen LogP contribution in [0.5, 0.6) is 0 Å². The lowest BCUT2D eigenvalue weighted by Gasteiger charge is -2.34. The zero-order valence-electron chi connectivity index (χ0n) is 23.7. The van der Waals surface area contributed by atoms with Crippen molar-refractivity contribution in [3.63, 3.8) is 0 Å². The van der Waals surface area contributed by atoms with E-state index in [1.54, 1.807) is 0 Å². The molecule has 0 aliphatic heterocycles. The topological polar surface area (TPSA) is 9.72 Å². The molecule has 0 spiro atoms. The molecule has 1 aliphatic carbocycles. The molecule has 0 unspecified atom stereocenters. The molecule has 1 fully saturated rings. The summed E-state index contributed by atoms with van der Waals surface area (Å²) in [5, 5.41) is 0. The first-order valence-electron chi connectivity index (χ1n) is 13.8. The van der Waals surface area contributed by atoms with E-state index in [9.17, 15) is 0 Å². The van der Waals surface area contributed by atoms with Gasteiger partial charge in [-0.05, 0) is 71.4 Å². The number of hydrogen-bond donors (Lipinski definition) is 0. The van der Waals surface area contributed by atoms with Crippen LogP contribution in [0.15, 0.2) is 103 Å². The fourth-order valence-corrected chi connectivity index (χ4v) is 5.09. The fraction of sp³-hybridized carbons (Fsp3) is 0.314. The van der Waals surface area contributed by atoms with Gasteiger partial charge in [0, 0.05) is 57.5 Å². The Bertz CT molecular complexity index is 1240. The Kier molecular flexibility index (Phi) is 9.12. The molecule has 0 aromatic heterocycles. The Morgan fingerprint density at radius 2 is 1.42 bits per heavy atom. The minimum absolute atomic E-state index is 0.547. The zero-order chi connectivity index (χ0) is 27.1. The SMILES string of the molecule is C=C(/C=C/c1cccc(N(Cc2ccc(-c3ccc(N(C)C)cc3)cc2)C(=C)C2CCCCC2)c1)N(C)C. The van der Waals surface area contributed by atoms with Crippen molar-refractivity contribution in [3.8, 4) is 11.1 Å². The van der Waals surface area contributed by atoms with Gasteiger partial charge in [-0.3, -0.25) is 0 Å². The van der Waals surface area contributed by atoms with Crippen molar-refractivity contribution in [2.45, 2.75) is 38.6 Å². The van der Waals surface area contributed by atoms with Crippen LogP contribution in [0, 0.1) is 5.92 Å². The number of rotatable bonds is 10. The van der Waals surface area contributed by atoms with Crippen molar-refractivity contribution in [2.24, 2.45) is 5.92 Å². The molecular formula is C35H43N3. The Morgan fingerprint density at radius 3 is 2.03 bits per heavy atom. The van der Waals surface area contributed by atoms with Gasteiger partial charge >= 0.3 is 0 Å². The van der Waals surface area contributed by atoms with Crippen LogP contribution < -0.4 is 9.80 Å². The van der Waals surface area contributed by atoms with E-state index in [0.717, 1.165) is 12.2 Å². The van der Waals surface area contributed by atoms with Gasteiger partial charge in [-0.2, -0.15) is 0 Å². The average molecular weight is 506 g/mol. The largest absolute Gasteiger partial charge is 0.378 e. The van der Waals surface area contributed by atoms with Gasteiger partial charge in [0.2, 0.25) is 0 Å². The number of anilines is 2. The van der Waals surface area contributed by atoms with Crippen molar-refractivity contribution < 1.29 is 0 Å². The third-order valence-electron chi connectivity index (χ3n) is 7.66. The van der Waals surface area contributed by atoms with Crippen LogP contribution in [0.2, 0.25) is 0 Å². The second-order valence-electron chi connectivity index (χ2n) is 10.9. The smallest absolute Gasteiger partial charge is 0.0478 e. The van der Waals surface area contributed by atoms with E-state index in [2.05, 4.69) is 122 Å². The van der Waals surface area contributed by atoms with Gasteiger partial charge in [-0.1, -0.05) is 87.0 Å². The molecule has 3 heteroatoms. The van der Waals surface area contributed by atoms with Crippen LogP contribution in [-0.4, -0.2) is 33.1 Å². The summed E-state index contributed by atoms with van der Waals surface area (Å²) >= 11 is 0. The van der Waals surface area contributed by atoms with Gasteiger partial charge < -0.3 is 14.7 Å². The van der Waals surface area contributed by atoms with Gasteiger partial charge in [0.05, 0.1) is 0 Å². The van der Waals surface area contributed by atoms with Gasteiger partial charge in [-0.25, -0.2) is 0 Å². The lowest BCUT2D eigenvalue weighted by Crippen LogP contribution is -2.27. The number of nitrogens with zero attached hydrogens (tertiary/aromatic N) is 3. The number of likely N-dealkylation sites (N-methyl/N-ethyl adjacent to an activating group) is 1. The predicted octanol–water partition coefficient (Wildman–Crippen LogP) is 8.61. The second-order valence-corrected chi connectivity index (χ2v) is 10.9. The van der Waals surface area contributed by atoms with Crippen LogP contribution in [0.4, 0.5) is 11.4 Å². The zero-order valence-corrected chi connectivity index (χ0v) is 23.7. The Balaban J connectivity index is 1.58. The molecule has 3 nitrogen and oxygen atoms in total. The summed E-state index contributed by atoms with van der Waals surface area (Å²) in [5.74, 6) is 0.547. The second kappa shape index (κ2) is 12.7. The monoisotopic (exact) mass is 505 g/mol. The van der Waals surface area contributed by atoms with Crippen LogP contribution >= 0.6 is 0 Å². The van der Waals surface area contributed by atoms with Crippen molar-refractivity contribution >= 4 is 17.5 Å². The van der Waals surface area contributed by atoms with E-state index in [4.69, 9.17) is 0 Å². The maximum Gasteiger partial charge on any atom is 0.0478 e. The quantitative estimate of drug-likeness (QED) is 0.255. The maximum atomic E-state index is 4.65. The highest BCUT2D eigenvalue weighted by atomic mass is 15.1. The summed E-state index contributed by atoms with van der Waals surface area (Å²) < 4.78 is 0. The van der Waals surface area contributed by atoms with Gasteiger partial charge in [0.15, 0.2) is 0 Å². The first-order valence-corrected chi connectivity index (χ1v) is 13.8. The summed E-state index contributed by atoms with van der Waals surface area (Å²) in [4.78, 5) is 6.59. The molecule has 198 valence electrons. The third-order valence-corrected chi connectivity index (χ3v) is 7.66. The standard InChI is InChI=1S/C35H43N3/c1-27(36(3)4)15-16-29-11-10-14-35(25-29)38(28(2)31-12-8-7-9-13-31)26-30-17-19-32(20-18-30)33-21-23-34(24-22-33)37(5)6/h10-11,14-25,31H,1-2,7-9,12-13,26H2,3-6H3/b16-15+. The summed E-state index contributed by atoms with van der Waals surface area (Å²) in [5.41, 5.74) is 9.57. The molecule has 0 radical (unpaired) electrons. The van der Waals surface area contributed by atoms with E-state index < -0.39 is 0 Å². The highest BCUT2D eigenvalue weighted by Crippen LogP contribution is 2.35. The number of benzene rings is 3. The van der Waals surface area contributed by atoms with Crippen molar-refractivity contribution in [1.82, 2.24) is 4.90 Å². The average Bonchev–Trinajstić information content (AvgIpc) is 2.95. The van der Waals surface area contributed by atoms with E-state index in [1.165, 1.54) is 71.4 Å². The summed E-state index contributed by atoms with van der Waals surface area (Å²) in [6, 6.07) is 26.6. The molecule has 0 amide bonds. The number of hydrogen-bond acceptors (Lipinski definition) is 3. The molecule has 4 rings (SSSR count). The first-order chi connectivity index (χ1) is 18.3. The maximum absolute atomic E-state index is 4.65. The first kappa shape index (κ1) is 27.3. The predicted molar refractivity (Wildman–Crippen MR) is 166 cm³/mol. The third kappa shape index (κ3) is 6.98. The molecule has 0 atom stereocenters. The van der Waals surface area contributed by atoms with Crippen molar-refractivity contribution in [3.05, 3.63) is 115 Å². The molecule has 38 heavy (non-hydrogen) atoms. The summed E-state index contributed by atoms with van der Waals surface area (Å²) in [7, 11) is 8.18. The minimum atomic E-state index is 0.547. The Labute approximate surface area is 230 Å². The summed E-state index contributed by atoms with van der Waals surface area (Å²) in [6.07, 6.45) is 10.6. The number of allylic oxidation sites excluding steroid dienone is 2. The lowest BCUT2D eigenvalue weighted by atomic mass is 9.86. The Morgan fingerprint density at radius 1 is 0.789 bits per heavy atom. The fourth-order valence-electron chi connectivity index (χ4n) is 5.09. The van der Waals surface area contributed by atoms with E-state index >= 15 is 0 Å².